The van der Waals surface area contributed by atoms with Crippen LogP contribution in [0.25, 0.3) is 10.9 Å². The first-order valence-electron chi connectivity index (χ1n) is 9.18. The van der Waals surface area contributed by atoms with E-state index in [-0.39, 0.29) is 18.4 Å². The first-order valence-corrected chi connectivity index (χ1v) is 9.55. The van der Waals surface area contributed by atoms with Crippen molar-refractivity contribution in [3.63, 3.8) is 0 Å². The second-order valence-electron chi connectivity index (χ2n) is 6.60. The number of carbonyl (C=O) groups excluding carboxylic acids is 2. The molecule has 0 bridgehead atoms. The van der Waals surface area contributed by atoms with Crippen LogP contribution in [0.5, 0.6) is 5.75 Å². The molecule has 3 aromatic rings. The highest BCUT2D eigenvalue weighted by Gasteiger charge is 2.16. The molecular weight excluding hydrogens is 392 g/mol. The van der Waals surface area contributed by atoms with Crippen LogP contribution in [0.2, 0.25) is 5.02 Å². The van der Waals surface area contributed by atoms with E-state index < -0.39 is 0 Å². The molecule has 0 radical (unpaired) electrons. The van der Waals surface area contributed by atoms with Gasteiger partial charge >= 0.3 is 0 Å². The van der Waals surface area contributed by atoms with Gasteiger partial charge in [-0.05, 0) is 48.5 Å². The Kier molecular flexibility index (Phi) is 5.48. The molecule has 2 aromatic carbocycles. The van der Waals surface area contributed by atoms with Crippen LogP contribution in [0.4, 0.5) is 11.4 Å². The van der Waals surface area contributed by atoms with Crippen LogP contribution < -0.4 is 20.3 Å². The molecule has 1 saturated heterocycles. The highest BCUT2D eigenvalue weighted by Crippen LogP contribution is 2.29. The summed E-state index contributed by atoms with van der Waals surface area (Å²) in [4.78, 5) is 30.1. The van der Waals surface area contributed by atoms with Crippen molar-refractivity contribution in [2.75, 3.05) is 36.5 Å². The van der Waals surface area contributed by atoms with Gasteiger partial charge in [0.1, 0.15) is 11.3 Å². The maximum Gasteiger partial charge on any atom is 0.262 e. The van der Waals surface area contributed by atoms with Gasteiger partial charge in [-0.3, -0.25) is 14.6 Å². The summed E-state index contributed by atoms with van der Waals surface area (Å²) in [6.07, 6.45) is 1.65. The summed E-state index contributed by atoms with van der Waals surface area (Å²) in [5.74, 6) is 0.225. The fourth-order valence-electron chi connectivity index (χ4n) is 3.18. The Hall–Kier alpha value is -3.32. The van der Waals surface area contributed by atoms with Crippen molar-refractivity contribution in [1.29, 1.82) is 0 Å². The third-order valence-electron chi connectivity index (χ3n) is 4.59. The largest absolute Gasteiger partial charge is 0.481 e. The van der Waals surface area contributed by atoms with Crippen molar-refractivity contribution in [2.45, 2.75) is 0 Å². The normalized spacial score (nSPS) is 13.8. The minimum Gasteiger partial charge on any atom is -0.481 e. The molecule has 2 N–H and O–H groups in total. The average Bonchev–Trinajstić information content (AvgIpc) is 2.74. The predicted molar refractivity (Wildman–Crippen MR) is 113 cm³/mol. The maximum atomic E-state index is 12.3. The summed E-state index contributed by atoms with van der Waals surface area (Å²) in [6, 6.07) is 14.4. The summed E-state index contributed by atoms with van der Waals surface area (Å²) in [6.45, 7) is 1.57. The highest BCUT2D eigenvalue weighted by molar-refractivity contribution is 6.35. The van der Waals surface area contributed by atoms with E-state index >= 15 is 0 Å². The Bertz CT molecular complexity index is 1060. The molecule has 1 aromatic heterocycles. The minimum absolute atomic E-state index is 0.00925. The highest BCUT2D eigenvalue weighted by atomic mass is 35.5. The zero-order chi connectivity index (χ0) is 20.2. The van der Waals surface area contributed by atoms with Gasteiger partial charge in [0.05, 0.1) is 11.6 Å². The van der Waals surface area contributed by atoms with E-state index in [1.165, 1.54) is 0 Å². The smallest absolute Gasteiger partial charge is 0.262 e. The van der Waals surface area contributed by atoms with Gasteiger partial charge in [-0.2, -0.15) is 0 Å². The van der Waals surface area contributed by atoms with Gasteiger partial charge in [0.15, 0.2) is 6.61 Å². The van der Waals surface area contributed by atoms with Crippen molar-refractivity contribution in [1.82, 2.24) is 10.3 Å². The average molecular weight is 411 g/mol. The maximum absolute atomic E-state index is 12.3. The number of amides is 2. The molecule has 7 nitrogen and oxygen atoms in total. The topological polar surface area (TPSA) is 83.6 Å². The third-order valence-corrected chi connectivity index (χ3v) is 4.92. The fraction of sp³-hybridized carbons (Fsp3) is 0.190. The summed E-state index contributed by atoms with van der Waals surface area (Å²) >= 11 is 6.18. The number of nitrogens with one attached hydrogen (secondary N) is 2. The number of anilines is 2. The molecule has 8 heteroatoms. The van der Waals surface area contributed by atoms with Crippen molar-refractivity contribution < 1.29 is 14.3 Å². The number of carbonyl (C=O) groups is 2. The van der Waals surface area contributed by atoms with Crippen LogP contribution in [0.3, 0.4) is 0 Å². The van der Waals surface area contributed by atoms with Crippen LogP contribution in [0, 0.1) is 0 Å². The molecule has 2 amide bonds. The Morgan fingerprint density at radius 3 is 2.83 bits per heavy atom. The van der Waals surface area contributed by atoms with Crippen LogP contribution >= 0.6 is 11.6 Å². The zero-order valence-corrected chi connectivity index (χ0v) is 16.3. The van der Waals surface area contributed by atoms with E-state index in [1.807, 2.05) is 23.1 Å². The molecule has 1 fully saturated rings. The number of halogens is 1. The van der Waals surface area contributed by atoms with E-state index in [4.69, 9.17) is 16.3 Å². The van der Waals surface area contributed by atoms with E-state index in [0.29, 0.717) is 35.1 Å². The van der Waals surface area contributed by atoms with E-state index in [0.717, 1.165) is 17.6 Å². The SMILES string of the molecule is O=C1CN(c2ccc(NC(=O)COc3ccc(Cl)c4cccnc34)cc2)CCN1. The molecule has 4 rings (SSSR count). The summed E-state index contributed by atoms with van der Waals surface area (Å²) in [5.41, 5.74) is 2.21. The molecule has 148 valence electrons. The number of pyridine rings is 1. The first-order chi connectivity index (χ1) is 14.1. The molecule has 2 heterocycles. The predicted octanol–water partition coefficient (Wildman–Crippen LogP) is 2.84. The number of hydrogen-bond acceptors (Lipinski definition) is 5. The molecule has 0 aliphatic carbocycles. The first kappa shape index (κ1) is 19.0. The van der Waals surface area contributed by atoms with Gasteiger partial charge in [0.2, 0.25) is 5.91 Å². The van der Waals surface area contributed by atoms with Gasteiger partial charge < -0.3 is 20.3 Å². The molecule has 0 unspecified atom stereocenters. The number of rotatable bonds is 5. The van der Waals surface area contributed by atoms with Gasteiger partial charge in [-0.15, -0.1) is 0 Å². The Balaban J connectivity index is 1.37. The lowest BCUT2D eigenvalue weighted by Gasteiger charge is -2.28. The Labute approximate surface area is 172 Å². The number of piperazine rings is 1. The Morgan fingerprint density at radius 1 is 1.21 bits per heavy atom. The van der Waals surface area contributed by atoms with Gasteiger partial charge in [0.25, 0.3) is 5.91 Å². The lowest BCUT2D eigenvalue weighted by atomic mass is 10.2. The van der Waals surface area contributed by atoms with Crippen molar-refractivity contribution in [3.8, 4) is 5.75 Å². The van der Waals surface area contributed by atoms with Crippen LogP contribution in [0.15, 0.2) is 54.7 Å². The second kappa shape index (κ2) is 8.36. The van der Waals surface area contributed by atoms with Crippen molar-refractivity contribution in [3.05, 3.63) is 59.8 Å². The van der Waals surface area contributed by atoms with Crippen molar-refractivity contribution in [2.24, 2.45) is 0 Å². The summed E-state index contributed by atoms with van der Waals surface area (Å²) < 4.78 is 5.65. The lowest BCUT2D eigenvalue weighted by molar-refractivity contribution is -0.120. The van der Waals surface area contributed by atoms with Crippen LogP contribution in [-0.4, -0.2) is 43.0 Å². The fourth-order valence-corrected chi connectivity index (χ4v) is 3.40. The van der Waals surface area contributed by atoms with Crippen LogP contribution in [-0.2, 0) is 9.59 Å². The standard InChI is InChI=1S/C21H19ClN4O3/c22-17-7-8-18(21-16(17)2-1-9-24-21)29-13-20(28)25-14-3-5-15(6-4-14)26-11-10-23-19(27)12-26/h1-9H,10-13H2,(H,23,27)(H,25,28). The number of hydrogen-bond donors (Lipinski definition) is 2. The minimum atomic E-state index is -0.283. The number of fused-ring (bicyclic) bond motifs is 1. The molecule has 0 spiro atoms. The van der Waals surface area contributed by atoms with E-state index in [9.17, 15) is 9.59 Å². The molecule has 1 aliphatic heterocycles. The molecule has 0 atom stereocenters. The summed E-state index contributed by atoms with van der Waals surface area (Å²) in [7, 11) is 0. The number of ether oxygens (including phenoxy) is 1. The number of benzene rings is 2. The van der Waals surface area contributed by atoms with Crippen LogP contribution in [0.1, 0.15) is 0 Å². The van der Waals surface area contributed by atoms with Gasteiger partial charge in [0, 0.05) is 36.0 Å². The number of nitrogens with zero attached hydrogens (tertiary/aromatic N) is 2. The number of aromatic nitrogens is 1. The van der Waals surface area contributed by atoms with E-state index in [2.05, 4.69) is 15.6 Å². The lowest BCUT2D eigenvalue weighted by Crippen LogP contribution is -2.47. The zero-order valence-electron chi connectivity index (χ0n) is 15.5. The second-order valence-corrected chi connectivity index (χ2v) is 7.01. The van der Waals surface area contributed by atoms with Crippen molar-refractivity contribution >= 4 is 45.7 Å². The molecule has 29 heavy (non-hydrogen) atoms. The van der Waals surface area contributed by atoms with Gasteiger partial charge in [-0.1, -0.05) is 11.6 Å². The molecule has 1 aliphatic rings. The Morgan fingerprint density at radius 2 is 2.03 bits per heavy atom. The molecular formula is C21H19ClN4O3. The third kappa shape index (κ3) is 4.41. The van der Waals surface area contributed by atoms with Gasteiger partial charge in [-0.25, -0.2) is 0 Å². The quantitative estimate of drug-likeness (QED) is 0.675. The van der Waals surface area contributed by atoms with E-state index in [1.54, 1.807) is 36.5 Å². The summed E-state index contributed by atoms with van der Waals surface area (Å²) in [5, 5.41) is 6.95. The monoisotopic (exact) mass is 410 g/mol. The molecule has 0 saturated carbocycles.